The number of rotatable bonds is 5. The van der Waals surface area contributed by atoms with Gasteiger partial charge in [-0.1, -0.05) is 24.3 Å². The van der Waals surface area contributed by atoms with Crippen LogP contribution in [0.3, 0.4) is 0 Å². The summed E-state index contributed by atoms with van der Waals surface area (Å²) in [4.78, 5) is 32.0. The van der Waals surface area contributed by atoms with Crippen molar-refractivity contribution in [3.05, 3.63) is 76.7 Å². The Morgan fingerprint density at radius 1 is 1.20 bits per heavy atom. The van der Waals surface area contributed by atoms with E-state index in [0.29, 0.717) is 34.9 Å². The van der Waals surface area contributed by atoms with Gasteiger partial charge < -0.3 is 10.7 Å². The quantitative estimate of drug-likeness (QED) is 0.503. The molecule has 0 amide bonds. The van der Waals surface area contributed by atoms with Gasteiger partial charge >= 0.3 is 0 Å². The molecule has 5 rings (SSSR count). The number of nitrogens with two attached hydrogens (primary N) is 1. The van der Waals surface area contributed by atoms with E-state index in [1.54, 1.807) is 4.68 Å². The zero-order valence-corrected chi connectivity index (χ0v) is 16.3. The number of nitrogens with zero attached hydrogens (tertiary/aromatic N) is 3. The molecule has 2 aromatic heterocycles. The molecule has 1 aliphatic carbocycles. The van der Waals surface area contributed by atoms with Gasteiger partial charge in [0.1, 0.15) is 17.4 Å². The van der Waals surface area contributed by atoms with Crippen molar-refractivity contribution in [2.45, 2.75) is 19.8 Å². The van der Waals surface area contributed by atoms with Gasteiger partial charge in [-0.25, -0.2) is 9.67 Å². The van der Waals surface area contributed by atoms with Crippen molar-refractivity contribution in [1.82, 2.24) is 19.7 Å². The van der Waals surface area contributed by atoms with E-state index in [1.807, 2.05) is 48.5 Å². The van der Waals surface area contributed by atoms with Crippen molar-refractivity contribution in [3.63, 3.8) is 0 Å². The molecular weight excluding hydrogens is 378 g/mol. The van der Waals surface area contributed by atoms with Crippen LogP contribution in [0.1, 0.15) is 34.2 Å². The lowest BCUT2D eigenvalue weighted by Gasteiger charge is -2.05. The number of nitrogen functional groups attached to an aromatic ring is 1. The molecule has 1 aliphatic rings. The Hall–Kier alpha value is -4.00. The monoisotopic (exact) mass is 397 g/mol. The zero-order valence-electron chi connectivity index (χ0n) is 16.3. The van der Waals surface area contributed by atoms with Gasteiger partial charge in [-0.2, -0.15) is 5.10 Å². The van der Waals surface area contributed by atoms with E-state index >= 15 is 0 Å². The van der Waals surface area contributed by atoms with Crippen molar-refractivity contribution in [1.29, 1.82) is 0 Å². The van der Waals surface area contributed by atoms with E-state index in [9.17, 15) is 9.59 Å². The molecule has 3 N–H and O–H groups in total. The van der Waals surface area contributed by atoms with Crippen LogP contribution < -0.4 is 5.73 Å². The van der Waals surface area contributed by atoms with Crippen LogP contribution in [0.25, 0.3) is 22.8 Å². The standard InChI is InChI=1S/C23H19N5O2/c1-13(29)8-21-26-19-7-6-17(11-20(19)27-21)28-23(24)18(12-25-28)22(30)16-9-14-4-2-3-5-15(14)10-16/h2-7,9,11-12H,8,10,24H2,1H3,(H,26,27). The first kappa shape index (κ1) is 18.1. The van der Waals surface area contributed by atoms with E-state index in [2.05, 4.69) is 15.1 Å². The number of allylic oxidation sites excluding steroid dienone is 1. The topological polar surface area (TPSA) is 107 Å². The molecule has 148 valence electrons. The Morgan fingerprint density at radius 3 is 2.83 bits per heavy atom. The summed E-state index contributed by atoms with van der Waals surface area (Å²) in [7, 11) is 0. The Morgan fingerprint density at radius 2 is 2.03 bits per heavy atom. The number of ketones is 2. The molecule has 30 heavy (non-hydrogen) atoms. The van der Waals surface area contributed by atoms with E-state index in [1.165, 1.54) is 13.1 Å². The number of fused-ring (bicyclic) bond motifs is 2. The van der Waals surface area contributed by atoms with Gasteiger partial charge in [0.25, 0.3) is 0 Å². The molecule has 0 atom stereocenters. The summed E-state index contributed by atoms with van der Waals surface area (Å²) >= 11 is 0. The second-order valence-electron chi connectivity index (χ2n) is 7.49. The van der Waals surface area contributed by atoms with Crippen molar-refractivity contribution in [3.8, 4) is 5.69 Å². The Kier molecular flexibility index (Phi) is 4.10. The summed E-state index contributed by atoms with van der Waals surface area (Å²) < 4.78 is 1.54. The summed E-state index contributed by atoms with van der Waals surface area (Å²) in [6.45, 7) is 1.53. The number of carbonyl (C=O) groups is 2. The van der Waals surface area contributed by atoms with Gasteiger partial charge in [0.2, 0.25) is 0 Å². The van der Waals surface area contributed by atoms with Crippen LogP contribution >= 0.6 is 0 Å². The van der Waals surface area contributed by atoms with Crippen LogP contribution in [0, 0.1) is 0 Å². The number of hydrogen-bond acceptors (Lipinski definition) is 5. The maximum atomic E-state index is 13.0. The average Bonchev–Trinajstić information content (AvgIpc) is 3.42. The minimum atomic E-state index is -0.110. The first-order valence-electron chi connectivity index (χ1n) is 9.65. The summed E-state index contributed by atoms with van der Waals surface area (Å²) in [5, 5.41) is 4.34. The molecule has 4 aromatic rings. The molecule has 0 saturated heterocycles. The molecule has 0 fully saturated rings. The number of aromatic nitrogens is 4. The van der Waals surface area contributed by atoms with Crippen LogP contribution in [-0.4, -0.2) is 31.3 Å². The molecular formula is C23H19N5O2. The summed E-state index contributed by atoms with van der Waals surface area (Å²) in [5.41, 5.74) is 11.8. The predicted octanol–water partition coefficient (Wildman–Crippen LogP) is 3.28. The number of imidazole rings is 1. The Labute approximate surface area is 172 Å². The van der Waals surface area contributed by atoms with Crippen molar-refractivity contribution in [2.75, 3.05) is 5.73 Å². The molecule has 0 spiro atoms. The van der Waals surface area contributed by atoms with Crippen LogP contribution in [0.5, 0.6) is 0 Å². The van der Waals surface area contributed by atoms with E-state index in [-0.39, 0.29) is 18.0 Å². The van der Waals surface area contributed by atoms with Gasteiger partial charge in [0.05, 0.1) is 34.9 Å². The highest BCUT2D eigenvalue weighted by Gasteiger charge is 2.23. The van der Waals surface area contributed by atoms with Gasteiger partial charge in [-0.05, 0) is 42.3 Å². The second kappa shape index (κ2) is 6.81. The summed E-state index contributed by atoms with van der Waals surface area (Å²) in [6, 6.07) is 13.5. The molecule has 2 aromatic carbocycles. The largest absolute Gasteiger partial charge is 0.383 e. The van der Waals surface area contributed by atoms with Crippen LogP contribution in [0.2, 0.25) is 0 Å². The second-order valence-corrected chi connectivity index (χ2v) is 7.49. The lowest BCUT2D eigenvalue weighted by atomic mass is 10.0. The maximum Gasteiger partial charge on any atom is 0.194 e. The van der Waals surface area contributed by atoms with Crippen molar-refractivity contribution >= 4 is 34.5 Å². The molecule has 0 bridgehead atoms. The SMILES string of the molecule is CC(=O)Cc1nc2ccc(-n3ncc(C(=O)C4=Cc5ccccc5C4)c3N)cc2[nH]1. The number of nitrogens with one attached hydrogen (secondary N) is 1. The fourth-order valence-corrected chi connectivity index (χ4v) is 3.84. The number of benzene rings is 2. The first-order chi connectivity index (χ1) is 14.5. The first-order valence-corrected chi connectivity index (χ1v) is 9.65. The zero-order chi connectivity index (χ0) is 20.8. The van der Waals surface area contributed by atoms with Gasteiger partial charge in [-0.15, -0.1) is 0 Å². The minimum absolute atomic E-state index is 0.0390. The molecule has 2 heterocycles. The van der Waals surface area contributed by atoms with Gasteiger partial charge in [-0.3, -0.25) is 9.59 Å². The Bertz CT molecular complexity index is 1360. The minimum Gasteiger partial charge on any atom is -0.383 e. The molecule has 0 saturated carbocycles. The predicted molar refractivity (Wildman–Crippen MR) is 114 cm³/mol. The normalized spacial score (nSPS) is 12.8. The average molecular weight is 397 g/mol. The number of Topliss-reactive ketones (excluding diaryl/α,β-unsaturated/α-hetero) is 2. The molecule has 7 nitrogen and oxygen atoms in total. The summed E-state index contributed by atoms with van der Waals surface area (Å²) in [6.07, 6.45) is 4.28. The fourth-order valence-electron chi connectivity index (χ4n) is 3.84. The lowest BCUT2D eigenvalue weighted by Crippen LogP contribution is -2.08. The van der Waals surface area contributed by atoms with Gasteiger partial charge in [0, 0.05) is 12.0 Å². The fraction of sp³-hybridized carbons (Fsp3) is 0.130. The van der Waals surface area contributed by atoms with E-state index < -0.39 is 0 Å². The van der Waals surface area contributed by atoms with E-state index in [4.69, 9.17) is 5.73 Å². The van der Waals surface area contributed by atoms with Crippen LogP contribution in [0.15, 0.2) is 54.2 Å². The molecule has 0 aliphatic heterocycles. The number of anilines is 1. The van der Waals surface area contributed by atoms with Gasteiger partial charge in [0.15, 0.2) is 5.78 Å². The number of hydrogen-bond donors (Lipinski definition) is 2. The van der Waals surface area contributed by atoms with Crippen LogP contribution in [-0.2, 0) is 17.6 Å². The summed E-state index contributed by atoms with van der Waals surface area (Å²) in [5.74, 6) is 0.838. The highest BCUT2D eigenvalue weighted by molar-refractivity contribution is 6.15. The number of H-pyrrole nitrogens is 1. The van der Waals surface area contributed by atoms with E-state index in [0.717, 1.165) is 22.2 Å². The third kappa shape index (κ3) is 3.00. The lowest BCUT2D eigenvalue weighted by molar-refractivity contribution is -0.116. The Balaban J connectivity index is 1.46. The molecule has 0 unspecified atom stereocenters. The third-order valence-corrected chi connectivity index (χ3v) is 5.28. The molecule has 7 heteroatoms. The molecule has 0 radical (unpaired) electrons. The third-order valence-electron chi connectivity index (χ3n) is 5.28. The highest BCUT2D eigenvalue weighted by Crippen LogP contribution is 2.29. The van der Waals surface area contributed by atoms with Crippen molar-refractivity contribution < 1.29 is 9.59 Å². The number of carbonyl (C=O) groups excluding carboxylic acids is 2. The number of aromatic amines is 1. The highest BCUT2D eigenvalue weighted by atomic mass is 16.1. The van der Waals surface area contributed by atoms with Crippen molar-refractivity contribution in [2.24, 2.45) is 0 Å². The smallest absolute Gasteiger partial charge is 0.194 e. The maximum absolute atomic E-state index is 13.0. The van der Waals surface area contributed by atoms with Crippen LogP contribution in [0.4, 0.5) is 5.82 Å².